The van der Waals surface area contributed by atoms with Crippen molar-refractivity contribution in [2.75, 3.05) is 26.2 Å². The van der Waals surface area contributed by atoms with Crippen LogP contribution in [0.25, 0.3) is 11.4 Å². The molecule has 2 heterocycles. The zero-order chi connectivity index (χ0) is 20.9. The van der Waals surface area contributed by atoms with Crippen LogP contribution in [0.15, 0.2) is 59.1 Å². The average molecular weight is 407 g/mol. The van der Waals surface area contributed by atoms with Crippen LogP contribution in [0, 0.1) is 0 Å². The van der Waals surface area contributed by atoms with Gasteiger partial charge in [0.1, 0.15) is 5.75 Å². The first kappa shape index (κ1) is 20.6. The van der Waals surface area contributed by atoms with Crippen molar-refractivity contribution in [2.45, 2.75) is 39.5 Å². The second kappa shape index (κ2) is 9.41. The maximum absolute atomic E-state index is 5.98. The van der Waals surface area contributed by atoms with E-state index in [0.29, 0.717) is 11.7 Å². The fourth-order valence-corrected chi connectivity index (χ4v) is 3.82. The lowest BCUT2D eigenvalue weighted by Crippen LogP contribution is -2.46. The van der Waals surface area contributed by atoms with Crippen molar-refractivity contribution < 1.29 is 9.26 Å². The molecule has 1 atom stereocenters. The van der Waals surface area contributed by atoms with Gasteiger partial charge in [0.15, 0.2) is 0 Å². The molecule has 6 heteroatoms. The number of para-hydroxylation sites is 1. The van der Waals surface area contributed by atoms with Crippen molar-refractivity contribution in [3.05, 3.63) is 66.1 Å². The van der Waals surface area contributed by atoms with E-state index in [-0.39, 0.29) is 12.1 Å². The Kier molecular flexibility index (Phi) is 6.45. The molecule has 0 N–H and O–H groups in total. The lowest BCUT2D eigenvalue weighted by atomic mass is 10.1. The Bertz CT molecular complexity index is 933. The first-order chi connectivity index (χ1) is 14.6. The van der Waals surface area contributed by atoms with Crippen molar-refractivity contribution in [3.8, 4) is 17.1 Å². The van der Waals surface area contributed by atoms with Gasteiger partial charge in [-0.3, -0.25) is 9.80 Å². The van der Waals surface area contributed by atoms with E-state index in [1.807, 2.05) is 36.4 Å². The van der Waals surface area contributed by atoms with E-state index in [1.165, 1.54) is 5.56 Å². The maximum atomic E-state index is 5.98. The minimum absolute atomic E-state index is 0.105. The molecule has 4 rings (SSSR count). The molecule has 0 spiro atoms. The van der Waals surface area contributed by atoms with Crippen molar-refractivity contribution in [1.82, 2.24) is 19.9 Å². The van der Waals surface area contributed by atoms with E-state index in [9.17, 15) is 0 Å². The number of hydrogen-bond donors (Lipinski definition) is 0. The molecule has 1 aliphatic heterocycles. The third-order valence-electron chi connectivity index (χ3n) is 5.51. The van der Waals surface area contributed by atoms with E-state index in [0.717, 1.165) is 44.0 Å². The van der Waals surface area contributed by atoms with Gasteiger partial charge in [-0.05, 0) is 26.8 Å². The Balaban J connectivity index is 1.34. The number of piperazine rings is 1. The minimum Gasteiger partial charge on any atom is -0.491 e. The second-order valence-corrected chi connectivity index (χ2v) is 8.08. The summed E-state index contributed by atoms with van der Waals surface area (Å²) < 4.78 is 11.6. The van der Waals surface area contributed by atoms with Crippen LogP contribution >= 0.6 is 0 Å². The van der Waals surface area contributed by atoms with Gasteiger partial charge in [-0.2, -0.15) is 4.98 Å². The molecule has 0 saturated carbocycles. The van der Waals surface area contributed by atoms with E-state index < -0.39 is 0 Å². The highest BCUT2D eigenvalue weighted by molar-refractivity contribution is 5.53. The normalized spacial score (nSPS) is 16.7. The maximum Gasteiger partial charge on any atom is 0.244 e. The van der Waals surface area contributed by atoms with Gasteiger partial charge in [-0.1, -0.05) is 53.7 Å². The van der Waals surface area contributed by atoms with Gasteiger partial charge in [0, 0.05) is 43.9 Å². The van der Waals surface area contributed by atoms with Crippen LogP contribution in [0.3, 0.4) is 0 Å². The topological polar surface area (TPSA) is 54.6 Å². The minimum atomic E-state index is 0.105. The highest BCUT2D eigenvalue weighted by atomic mass is 16.5. The lowest BCUT2D eigenvalue weighted by molar-refractivity contribution is 0.0837. The molecule has 158 valence electrons. The molecule has 2 aromatic carbocycles. The molecule has 1 unspecified atom stereocenters. The summed E-state index contributed by atoms with van der Waals surface area (Å²) in [7, 11) is 0. The third kappa shape index (κ3) is 4.89. The molecule has 1 aliphatic rings. The van der Waals surface area contributed by atoms with Crippen LogP contribution in [0.2, 0.25) is 0 Å². The molecule has 3 aromatic rings. The molecule has 0 bridgehead atoms. The van der Waals surface area contributed by atoms with E-state index in [2.05, 4.69) is 58.9 Å². The third-order valence-corrected chi connectivity index (χ3v) is 5.51. The SMILES string of the molecule is CC(C)Oc1ccccc1CN1CCN(C(C)c2nc(-c3ccccc3)no2)CC1. The smallest absolute Gasteiger partial charge is 0.244 e. The van der Waals surface area contributed by atoms with Crippen molar-refractivity contribution in [2.24, 2.45) is 0 Å². The standard InChI is InChI=1S/C24H30N4O2/c1-18(2)29-22-12-8-7-11-21(22)17-27-13-15-28(16-14-27)19(3)24-25-23(26-30-24)20-9-5-4-6-10-20/h4-12,18-19H,13-17H2,1-3H3. The summed E-state index contributed by atoms with van der Waals surface area (Å²) in [5.74, 6) is 2.32. The van der Waals surface area contributed by atoms with E-state index in [4.69, 9.17) is 9.26 Å². The summed E-state index contributed by atoms with van der Waals surface area (Å²) in [5, 5.41) is 4.17. The predicted octanol–water partition coefficient (Wildman–Crippen LogP) is 4.40. The highest BCUT2D eigenvalue weighted by Gasteiger charge is 2.26. The summed E-state index contributed by atoms with van der Waals surface area (Å²) in [6.07, 6.45) is 0.180. The quantitative estimate of drug-likeness (QED) is 0.580. The number of rotatable bonds is 7. The summed E-state index contributed by atoms with van der Waals surface area (Å²) in [6.45, 7) is 11.1. The number of aromatic nitrogens is 2. The molecule has 0 amide bonds. The zero-order valence-electron chi connectivity index (χ0n) is 18.0. The Hall–Kier alpha value is -2.70. The van der Waals surface area contributed by atoms with Crippen LogP contribution in [-0.4, -0.2) is 52.2 Å². The molecule has 30 heavy (non-hydrogen) atoms. The van der Waals surface area contributed by atoms with Gasteiger partial charge in [0.25, 0.3) is 0 Å². The van der Waals surface area contributed by atoms with Crippen molar-refractivity contribution >= 4 is 0 Å². The van der Waals surface area contributed by atoms with Crippen LogP contribution in [-0.2, 0) is 6.54 Å². The molecule has 1 aromatic heterocycles. The molecule has 1 fully saturated rings. The molecular formula is C24H30N4O2. The van der Waals surface area contributed by atoms with Gasteiger partial charge in [0.05, 0.1) is 12.1 Å². The predicted molar refractivity (Wildman–Crippen MR) is 117 cm³/mol. The van der Waals surface area contributed by atoms with Crippen LogP contribution in [0.5, 0.6) is 5.75 Å². The van der Waals surface area contributed by atoms with E-state index >= 15 is 0 Å². The van der Waals surface area contributed by atoms with E-state index in [1.54, 1.807) is 0 Å². The van der Waals surface area contributed by atoms with Gasteiger partial charge >= 0.3 is 0 Å². The fourth-order valence-electron chi connectivity index (χ4n) is 3.82. The summed E-state index contributed by atoms with van der Waals surface area (Å²) in [5.41, 5.74) is 2.23. The van der Waals surface area contributed by atoms with Gasteiger partial charge in [-0.15, -0.1) is 0 Å². The molecule has 0 radical (unpaired) electrons. The van der Waals surface area contributed by atoms with Crippen molar-refractivity contribution in [3.63, 3.8) is 0 Å². The largest absolute Gasteiger partial charge is 0.491 e. The van der Waals surface area contributed by atoms with Crippen LogP contribution in [0.4, 0.5) is 0 Å². The first-order valence-electron chi connectivity index (χ1n) is 10.7. The lowest BCUT2D eigenvalue weighted by Gasteiger charge is -2.37. The van der Waals surface area contributed by atoms with Gasteiger partial charge in [-0.25, -0.2) is 0 Å². The summed E-state index contributed by atoms with van der Waals surface area (Å²) in [4.78, 5) is 9.53. The van der Waals surface area contributed by atoms with Crippen molar-refractivity contribution in [1.29, 1.82) is 0 Å². The fraction of sp³-hybridized carbons (Fsp3) is 0.417. The van der Waals surface area contributed by atoms with Gasteiger partial charge < -0.3 is 9.26 Å². The Morgan fingerprint density at radius 3 is 2.37 bits per heavy atom. The molecule has 1 saturated heterocycles. The Labute approximate surface area is 178 Å². The number of benzene rings is 2. The van der Waals surface area contributed by atoms with Gasteiger partial charge in [0.2, 0.25) is 11.7 Å². The Morgan fingerprint density at radius 2 is 1.63 bits per heavy atom. The molecule has 0 aliphatic carbocycles. The highest BCUT2D eigenvalue weighted by Crippen LogP contribution is 2.25. The summed E-state index contributed by atoms with van der Waals surface area (Å²) >= 11 is 0. The molecule has 6 nitrogen and oxygen atoms in total. The average Bonchev–Trinajstić information content (AvgIpc) is 3.26. The van der Waals surface area contributed by atoms with Crippen LogP contribution < -0.4 is 4.74 Å². The Morgan fingerprint density at radius 1 is 0.933 bits per heavy atom. The van der Waals surface area contributed by atoms with Crippen LogP contribution in [0.1, 0.15) is 38.3 Å². The first-order valence-corrected chi connectivity index (χ1v) is 10.7. The zero-order valence-corrected chi connectivity index (χ0v) is 18.0. The number of nitrogens with zero attached hydrogens (tertiary/aromatic N) is 4. The number of ether oxygens (including phenoxy) is 1. The summed E-state index contributed by atoms with van der Waals surface area (Å²) in [6, 6.07) is 18.4. The monoisotopic (exact) mass is 406 g/mol. The number of hydrogen-bond acceptors (Lipinski definition) is 6. The molecular weight excluding hydrogens is 376 g/mol. The second-order valence-electron chi connectivity index (χ2n) is 8.08.